The summed E-state index contributed by atoms with van der Waals surface area (Å²) in [6, 6.07) is 0. The number of hydrogen-bond donors (Lipinski definition) is 1. The number of rotatable bonds is 1. The molecule has 0 aromatic carbocycles. The molecular weight excluding hydrogens is 87.0 g/mol. The summed E-state index contributed by atoms with van der Waals surface area (Å²) in [5.74, 6) is 0. The van der Waals surface area contributed by atoms with Crippen molar-refractivity contribution in [1.29, 1.82) is 0 Å². The van der Waals surface area contributed by atoms with Crippen molar-refractivity contribution in [3.63, 3.8) is 0 Å². The topological polar surface area (TPSA) is 29.5 Å². The lowest BCUT2D eigenvalue weighted by Crippen LogP contribution is -1.58. The van der Waals surface area contributed by atoms with Crippen LogP contribution < -0.4 is 0 Å². The van der Waals surface area contributed by atoms with Crippen LogP contribution in [-0.4, -0.2) is 18.3 Å². The standard InChI is InChI=1S/C2H6O2P/c1-4-5(2)3/h3H,2H2,1H3/q+1. The third kappa shape index (κ3) is 4.09. The molecule has 0 bridgehead atoms. The average molecular weight is 93.0 g/mol. The van der Waals surface area contributed by atoms with Crippen molar-refractivity contribution >= 4 is 14.3 Å². The Morgan fingerprint density at radius 1 is 2.00 bits per heavy atom. The SMILES string of the molecule is C=[P+](O)OC. The van der Waals surface area contributed by atoms with Crippen molar-refractivity contribution in [3.8, 4) is 0 Å². The molecule has 0 rings (SSSR count). The van der Waals surface area contributed by atoms with Gasteiger partial charge in [-0.25, -0.2) is 0 Å². The summed E-state index contributed by atoms with van der Waals surface area (Å²) < 4.78 is 4.26. The van der Waals surface area contributed by atoms with Gasteiger partial charge in [0.2, 0.25) is 0 Å². The maximum atomic E-state index is 8.09. The lowest BCUT2D eigenvalue weighted by atomic mass is 11.8. The molecule has 0 saturated heterocycles. The van der Waals surface area contributed by atoms with Crippen molar-refractivity contribution < 1.29 is 9.42 Å². The molecule has 0 spiro atoms. The van der Waals surface area contributed by atoms with E-state index in [0.717, 1.165) is 0 Å². The van der Waals surface area contributed by atoms with Gasteiger partial charge < -0.3 is 0 Å². The lowest BCUT2D eigenvalue weighted by molar-refractivity contribution is 0.409. The zero-order valence-corrected chi connectivity index (χ0v) is 3.90. The molecule has 3 heteroatoms. The van der Waals surface area contributed by atoms with Gasteiger partial charge in [0.1, 0.15) is 6.30 Å². The fourth-order valence-corrected chi connectivity index (χ4v) is 0. The van der Waals surface area contributed by atoms with Crippen molar-refractivity contribution in [1.82, 2.24) is 0 Å². The van der Waals surface area contributed by atoms with E-state index in [0.29, 0.717) is 0 Å². The zero-order chi connectivity index (χ0) is 4.28. The van der Waals surface area contributed by atoms with Crippen LogP contribution in [0.1, 0.15) is 0 Å². The van der Waals surface area contributed by atoms with Gasteiger partial charge in [-0.15, -0.1) is 0 Å². The summed E-state index contributed by atoms with van der Waals surface area (Å²) in [5.41, 5.74) is 0. The van der Waals surface area contributed by atoms with E-state index in [1.807, 2.05) is 0 Å². The maximum Gasteiger partial charge on any atom is 0.420 e. The Labute approximate surface area is 31.9 Å². The van der Waals surface area contributed by atoms with Crippen molar-refractivity contribution in [2.75, 3.05) is 7.11 Å². The van der Waals surface area contributed by atoms with E-state index in [4.69, 9.17) is 4.89 Å². The maximum absolute atomic E-state index is 8.09. The Hall–Kier alpha value is 0.0900. The van der Waals surface area contributed by atoms with Gasteiger partial charge >= 0.3 is 8.00 Å². The molecular formula is C2H6O2P+. The minimum atomic E-state index is -1.35. The molecule has 5 heavy (non-hydrogen) atoms. The molecule has 0 heterocycles. The van der Waals surface area contributed by atoms with Gasteiger partial charge in [0.05, 0.1) is 7.11 Å². The van der Waals surface area contributed by atoms with Crippen LogP contribution >= 0.6 is 8.00 Å². The van der Waals surface area contributed by atoms with Crippen LogP contribution in [-0.2, 0) is 4.52 Å². The third-order valence-corrected chi connectivity index (χ3v) is 0.632. The molecule has 0 aliphatic rings. The molecule has 0 saturated carbocycles. The number of hydrogen-bond acceptors (Lipinski definition) is 2. The van der Waals surface area contributed by atoms with Gasteiger partial charge in [-0.2, -0.15) is 9.42 Å². The molecule has 0 fully saturated rings. The molecule has 0 aromatic heterocycles. The Morgan fingerprint density at radius 2 is 2.20 bits per heavy atom. The van der Waals surface area contributed by atoms with E-state index in [2.05, 4.69) is 10.8 Å². The molecule has 1 N–H and O–H groups in total. The highest BCUT2D eigenvalue weighted by atomic mass is 31.1. The summed E-state index contributed by atoms with van der Waals surface area (Å²) in [5, 5.41) is 0. The quantitative estimate of drug-likeness (QED) is 0.474. The molecule has 2 nitrogen and oxygen atoms in total. The van der Waals surface area contributed by atoms with Crippen LogP contribution in [0.5, 0.6) is 0 Å². The van der Waals surface area contributed by atoms with Gasteiger partial charge in [-0.05, 0) is 0 Å². The summed E-state index contributed by atoms with van der Waals surface area (Å²) in [6.45, 7) is 0. The smallest absolute Gasteiger partial charge is 0.168 e. The van der Waals surface area contributed by atoms with E-state index in [1.165, 1.54) is 7.11 Å². The molecule has 1 atom stereocenters. The van der Waals surface area contributed by atoms with Gasteiger partial charge in [0, 0.05) is 0 Å². The molecule has 30 valence electrons. The first kappa shape index (κ1) is 5.09. The largest absolute Gasteiger partial charge is 0.420 e. The van der Waals surface area contributed by atoms with Crippen LogP contribution in [0.15, 0.2) is 0 Å². The summed E-state index contributed by atoms with van der Waals surface area (Å²) >= 11 is 0. The average Bonchev–Trinajstić information content (AvgIpc) is 1.38. The normalized spacial score (nSPS) is 11.2. The summed E-state index contributed by atoms with van der Waals surface area (Å²) in [7, 11) is 0.0671. The Bertz CT molecular complexity index is 42.9. The van der Waals surface area contributed by atoms with E-state index < -0.39 is 8.00 Å². The first-order valence-electron chi connectivity index (χ1n) is 1.11. The monoisotopic (exact) mass is 93.0 g/mol. The molecule has 0 amide bonds. The zero-order valence-electron chi connectivity index (χ0n) is 3.01. The predicted octanol–water partition coefficient (Wildman–Crippen LogP) is 0.369. The Kier molecular flexibility index (Phi) is 2.38. The fraction of sp³-hybridized carbons (Fsp3) is 0.500. The highest BCUT2D eigenvalue weighted by molar-refractivity contribution is 7.44. The molecule has 0 aromatic rings. The second kappa shape index (κ2) is 2.33. The van der Waals surface area contributed by atoms with E-state index in [-0.39, 0.29) is 0 Å². The Balaban J connectivity index is 2.85. The van der Waals surface area contributed by atoms with Gasteiger partial charge in [-0.1, -0.05) is 0 Å². The van der Waals surface area contributed by atoms with Crippen LogP contribution in [0.4, 0.5) is 0 Å². The van der Waals surface area contributed by atoms with Gasteiger partial charge in [0.15, 0.2) is 0 Å². The second-order valence-electron chi connectivity index (χ2n) is 0.535. The highest BCUT2D eigenvalue weighted by Gasteiger charge is 1.88. The fourth-order valence-electron chi connectivity index (χ4n) is 0. The predicted molar refractivity (Wildman–Crippen MR) is 23.3 cm³/mol. The highest BCUT2D eigenvalue weighted by Crippen LogP contribution is 2.08. The van der Waals surface area contributed by atoms with E-state index in [1.54, 1.807) is 0 Å². The summed E-state index contributed by atoms with van der Waals surface area (Å²) in [6.07, 6.45) is 3.16. The molecule has 0 aliphatic carbocycles. The Morgan fingerprint density at radius 3 is 2.20 bits per heavy atom. The second-order valence-corrected chi connectivity index (χ2v) is 1.60. The van der Waals surface area contributed by atoms with Crippen LogP contribution in [0.2, 0.25) is 0 Å². The van der Waals surface area contributed by atoms with Crippen molar-refractivity contribution in [3.05, 3.63) is 0 Å². The van der Waals surface area contributed by atoms with Gasteiger partial charge in [-0.3, -0.25) is 0 Å². The minimum absolute atomic E-state index is 1.35. The minimum Gasteiger partial charge on any atom is -0.168 e. The lowest BCUT2D eigenvalue weighted by Gasteiger charge is -1.64. The first-order chi connectivity index (χ1) is 2.27. The first-order valence-corrected chi connectivity index (χ1v) is 2.50. The molecule has 1 unspecified atom stereocenters. The van der Waals surface area contributed by atoms with E-state index in [9.17, 15) is 0 Å². The van der Waals surface area contributed by atoms with Crippen molar-refractivity contribution in [2.24, 2.45) is 0 Å². The van der Waals surface area contributed by atoms with Crippen LogP contribution in [0, 0.1) is 0 Å². The van der Waals surface area contributed by atoms with Crippen LogP contribution in [0.25, 0.3) is 0 Å². The summed E-state index contributed by atoms with van der Waals surface area (Å²) in [4.78, 5) is 8.09. The van der Waals surface area contributed by atoms with Crippen LogP contribution in [0.3, 0.4) is 0 Å². The molecule has 0 aliphatic heterocycles. The van der Waals surface area contributed by atoms with E-state index >= 15 is 0 Å². The van der Waals surface area contributed by atoms with Crippen molar-refractivity contribution in [2.45, 2.75) is 0 Å². The third-order valence-electron chi connectivity index (χ3n) is 0.211. The molecule has 0 radical (unpaired) electrons. The van der Waals surface area contributed by atoms with Gasteiger partial charge in [0.25, 0.3) is 0 Å².